The van der Waals surface area contributed by atoms with Gasteiger partial charge >= 0.3 is 0 Å². The van der Waals surface area contributed by atoms with E-state index in [1.165, 1.54) is 6.21 Å². The van der Waals surface area contributed by atoms with Crippen LogP contribution in [0.25, 0.3) is 33.5 Å². The number of para-hydroxylation sites is 1. The zero-order chi connectivity index (χ0) is 22.6. The summed E-state index contributed by atoms with van der Waals surface area (Å²) in [5.74, 6) is 0.844. The highest BCUT2D eigenvalue weighted by Gasteiger charge is 2.13. The number of pyridine rings is 1. The van der Waals surface area contributed by atoms with Crippen molar-refractivity contribution in [1.82, 2.24) is 10.4 Å². The van der Waals surface area contributed by atoms with Gasteiger partial charge in [-0.1, -0.05) is 72.3 Å². The second-order valence-corrected chi connectivity index (χ2v) is 7.79. The normalized spacial score (nSPS) is 11.2. The number of hydrogen-bond acceptors (Lipinski definition) is 4. The molecule has 0 aliphatic rings. The molecule has 5 rings (SSSR count). The van der Waals surface area contributed by atoms with Crippen molar-refractivity contribution < 1.29 is 9.21 Å². The lowest BCUT2D eigenvalue weighted by Gasteiger charge is -2.09. The Balaban J connectivity index is 1.39. The van der Waals surface area contributed by atoms with Crippen molar-refractivity contribution in [1.29, 1.82) is 0 Å². The van der Waals surface area contributed by atoms with E-state index in [4.69, 9.17) is 21.0 Å². The van der Waals surface area contributed by atoms with Gasteiger partial charge in [0.2, 0.25) is 0 Å². The number of fused-ring (bicyclic) bond motifs is 1. The van der Waals surface area contributed by atoms with Crippen LogP contribution in [0, 0.1) is 0 Å². The lowest BCUT2D eigenvalue weighted by molar-refractivity contribution is 0.0956. The van der Waals surface area contributed by atoms with Gasteiger partial charge in [-0.15, -0.1) is 0 Å². The van der Waals surface area contributed by atoms with Gasteiger partial charge in [-0.25, -0.2) is 10.4 Å². The van der Waals surface area contributed by atoms with E-state index in [-0.39, 0.29) is 5.91 Å². The number of rotatable bonds is 5. The van der Waals surface area contributed by atoms with Gasteiger partial charge in [0.25, 0.3) is 5.91 Å². The molecule has 2 aromatic heterocycles. The third-order valence-corrected chi connectivity index (χ3v) is 5.36. The molecule has 1 N–H and O–H groups in total. The zero-order valence-corrected chi connectivity index (χ0v) is 18.2. The molecular formula is C27H18ClN3O2. The molecule has 0 saturated carbocycles. The Labute approximate surface area is 195 Å². The number of furan rings is 1. The fourth-order valence-corrected chi connectivity index (χ4v) is 3.74. The van der Waals surface area contributed by atoms with Gasteiger partial charge in [0.15, 0.2) is 0 Å². The number of halogens is 1. The number of amides is 1. The van der Waals surface area contributed by atoms with E-state index < -0.39 is 0 Å². The van der Waals surface area contributed by atoms with Gasteiger partial charge in [-0.05, 0) is 36.4 Å². The monoisotopic (exact) mass is 451 g/mol. The number of carbonyl (C=O) groups is 1. The molecule has 0 aliphatic heterocycles. The molecule has 1 amide bonds. The number of hydrogen-bond donors (Lipinski definition) is 1. The fraction of sp³-hybridized carbons (Fsp3) is 0. The Hall–Kier alpha value is -4.22. The standard InChI is InChI=1S/C27H18ClN3O2/c28-20-10-6-9-19(15-20)26-14-13-21(33-26)17-29-31-27(32)23-16-25(18-7-2-1-3-8-18)30-24-12-5-4-11-22(23)24/h1-17H,(H,31,32)/b29-17+. The van der Waals surface area contributed by atoms with Crippen LogP contribution in [0.4, 0.5) is 0 Å². The SMILES string of the molecule is O=C(N/N=C/c1ccc(-c2cccc(Cl)c2)o1)c1cc(-c2ccccc2)nc2ccccc12. The first-order chi connectivity index (χ1) is 16.2. The molecule has 6 heteroatoms. The maximum Gasteiger partial charge on any atom is 0.272 e. The van der Waals surface area contributed by atoms with E-state index in [1.807, 2.05) is 78.9 Å². The Morgan fingerprint density at radius 2 is 1.67 bits per heavy atom. The number of aromatic nitrogens is 1. The molecule has 3 aromatic carbocycles. The molecule has 5 aromatic rings. The van der Waals surface area contributed by atoms with Crippen LogP contribution >= 0.6 is 11.6 Å². The van der Waals surface area contributed by atoms with Crippen molar-refractivity contribution >= 4 is 34.6 Å². The quantitative estimate of drug-likeness (QED) is 0.242. The van der Waals surface area contributed by atoms with Gasteiger partial charge in [0, 0.05) is 21.5 Å². The van der Waals surface area contributed by atoms with Gasteiger partial charge in [-0.3, -0.25) is 4.79 Å². The minimum absolute atomic E-state index is 0.330. The lowest BCUT2D eigenvalue weighted by Crippen LogP contribution is -2.18. The molecule has 0 spiro atoms. The summed E-state index contributed by atoms with van der Waals surface area (Å²) in [6.07, 6.45) is 1.47. The smallest absolute Gasteiger partial charge is 0.272 e. The lowest BCUT2D eigenvalue weighted by atomic mass is 10.0. The highest BCUT2D eigenvalue weighted by molar-refractivity contribution is 6.30. The average molecular weight is 452 g/mol. The van der Waals surface area contributed by atoms with E-state index in [9.17, 15) is 4.79 Å². The molecule has 5 nitrogen and oxygen atoms in total. The van der Waals surface area contributed by atoms with Gasteiger partial charge in [0.05, 0.1) is 23.0 Å². The Morgan fingerprint density at radius 3 is 2.52 bits per heavy atom. The van der Waals surface area contributed by atoms with Crippen molar-refractivity contribution in [3.05, 3.63) is 113 Å². The third-order valence-electron chi connectivity index (χ3n) is 5.12. The Kier molecular flexibility index (Phi) is 5.70. The molecule has 0 fully saturated rings. The average Bonchev–Trinajstić information content (AvgIpc) is 3.33. The molecule has 33 heavy (non-hydrogen) atoms. The summed E-state index contributed by atoms with van der Waals surface area (Å²) in [5.41, 5.74) is 6.36. The predicted octanol–water partition coefficient (Wildman–Crippen LogP) is 6.58. The van der Waals surface area contributed by atoms with Crippen molar-refractivity contribution in [2.24, 2.45) is 5.10 Å². The summed E-state index contributed by atoms with van der Waals surface area (Å²) in [6.45, 7) is 0. The van der Waals surface area contributed by atoms with E-state index in [0.29, 0.717) is 22.1 Å². The topological polar surface area (TPSA) is 67.5 Å². The second-order valence-electron chi connectivity index (χ2n) is 7.35. The first kappa shape index (κ1) is 20.7. The Morgan fingerprint density at radius 1 is 0.879 bits per heavy atom. The maximum atomic E-state index is 13.0. The molecule has 0 unspecified atom stereocenters. The highest BCUT2D eigenvalue weighted by Crippen LogP contribution is 2.26. The van der Waals surface area contributed by atoms with Gasteiger partial charge < -0.3 is 4.42 Å². The van der Waals surface area contributed by atoms with Crippen LogP contribution in [0.15, 0.2) is 107 Å². The minimum atomic E-state index is -0.330. The van der Waals surface area contributed by atoms with E-state index in [1.54, 1.807) is 18.2 Å². The van der Waals surface area contributed by atoms with Crippen molar-refractivity contribution in [3.8, 4) is 22.6 Å². The van der Waals surface area contributed by atoms with Crippen LogP contribution in [0.5, 0.6) is 0 Å². The summed E-state index contributed by atoms with van der Waals surface area (Å²) in [4.78, 5) is 17.7. The number of carbonyl (C=O) groups excluding carboxylic acids is 1. The third kappa shape index (κ3) is 4.54. The van der Waals surface area contributed by atoms with Gasteiger partial charge in [-0.2, -0.15) is 5.10 Å². The summed E-state index contributed by atoms with van der Waals surface area (Å²) in [6, 6.07) is 30.1. The first-order valence-electron chi connectivity index (χ1n) is 10.3. The summed E-state index contributed by atoms with van der Waals surface area (Å²) in [7, 11) is 0. The molecule has 2 heterocycles. The van der Waals surface area contributed by atoms with Crippen LogP contribution < -0.4 is 5.43 Å². The molecule has 0 radical (unpaired) electrons. The van der Waals surface area contributed by atoms with E-state index in [2.05, 4.69) is 10.5 Å². The molecule has 0 bridgehead atoms. The largest absolute Gasteiger partial charge is 0.455 e. The van der Waals surface area contributed by atoms with Crippen LogP contribution in [-0.4, -0.2) is 17.1 Å². The van der Waals surface area contributed by atoms with E-state index >= 15 is 0 Å². The van der Waals surface area contributed by atoms with Crippen LogP contribution in [0.2, 0.25) is 5.02 Å². The molecular weight excluding hydrogens is 434 g/mol. The number of nitrogens with zero attached hydrogens (tertiary/aromatic N) is 2. The number of benzene rings is 3. The number of nitrogens with one attached hydrogen (secondary N) is 1. The predicted molar refractivity (Wildman–Crippen MR) is 131 cm³/mol. The van der Waals surface area contributed by atoms with E-state index in [0.717, 1.165) is 27.7 Å². The number of hydrazone groups is 1. The van der Waals surface area contributed by atoms with Gasteiger partial charge in [0.1, 0.15) is 11.5 Å². The minimum Gasteiger partial charge on any atom is -0.455 e. The van der Waals surface area contributed by atoms with Crippen molar-refractivity contribution in [3.63, 3.8) is 0 Å². The van der Waals surface area contributed by atoms with Crippen molar-refractivity contribution in [2.75, 3.05) is 0 Å². The first-order valence-corrected chi connectivity index (χ1v) is 10.7. The molecule has 0 atom stereocenters. The van der Waals surface area contributed by atoms with Crippen LogP contribution in [-0.2, 0) is 0 Å². The summed E-state index contributed by atoms with van der Waals surface area (Å²) in [5, 5.41) is 5.47. The summed E-state index contributed by atoms with van der Waals surface area (Å²) < 4.78 is 5.79. The molecule has 160 valence electrons. The second kappa shape index (κ2) is 9.10. The fourth-order valence-electron chi connectivity index (χ4n) is 3.55. The Bertz CT molecular complexity index is 1480. The zero-order valence-electron chi connectivity index (χ0n) is 17.4. The summed E-state index contributed by atoms with van der Waals surface area (Å²) >= 11 is 6.05. The highest BCUT2D eigenvalue weighted by atomic mass is 35.5. The van der Waals surface area contributed by atoms with Crippen LogP contribution in [0.3, 0.4) is 0 Å². The molecule has 0 aliphatic carbocycles. The maximum absolute atomic E-state index is 13.0. The van der Waals surface area contributed by atoms with Crippen molar-refractivity contribution in [2.45, 2.75) is 0 Å². The molecule has 0 saturated heterocycles. The van der Waals surface area contributed by atoms with Crippen LogP contribution in [0.1, 0.15) is 16.1 Å².